The van der Waals surface area contributed by atoms with Crippen molar-refractivity contribution < 1.29 is 14.4 Å². The summed E-state index contributed by atoms with van der Waals surface area (Å²) in [5.74, 6) is -1.02. The predicted molar refractivity (Wildman–Crippen MR) is 81.9 cm³/mol. The Labute approximate surface area is 133 Å². The topological polar surface area (TPSA) is 57.7 Å². The van der Waals surface area contributed by atoms with E-state index in [1.54, 1.807) is 11.0 Å². The van der Waals surface area contributed by atoms with Gasteiger partial charge in [0.25, 0.3) is 11.8 Å². The van der Waals surface area contributed by atoms with Gasteiger partial charge < -0.3 is 4.90 Å². The van der Waals surface area contributed by atoms with Crippen LogP contribution in [0.25, 0.3) is 0 Å². The zero-order chi connectivity index (χ0) is 15.7. The van der Waals surface area contributed by atoms with E-state index in [1.807, 2.05) is 0 Å². The monoisotopic (exact) mass is 320 g/mol. The molecule has 6 heteroatoms. The molecule has 0 atom stereocenters. The van der Waals surface area contributed by atoms with Gasteiger partial charge in [-0.25, -0.2) is 0 Å². The van der Waals surface area contributed by atoms with Crippen molar-refractivity contribution in [3.8, 4) is 0 Å². The molecule has 22 heavy (non-hydrogen) atoms. The van der Waals surface area contributed by atoms with Gasteiger partial charge in [0.1, 0.15) is 6.54 Å². The maximum Gasteiger partial charge on any atom is 0.262 e. The van der Waals surface area contributed by atoms with Gasteiger partial charge in [0.2, 0.25) is 5.91 Å². The highest BCUT2D eigenvalue weighted by molar-refractivity contribution is 6.32. The second-order valence-corrected chi connectivity index (χ2v) is 6.12. The number of hydrogen-bond donors (Lipinski definition) is 0. The molecule has 0 N–H and O–H groups in total. The van der Waals surface area contributed by atoms with E-state index in [9.17, 15) is 14.4 Å². The molecule has 116 valence electrons. The van der Waals surface area contributed by atoms with Crippen LogP contribution in [-0.2, 0) is 4.79 Å². The smallest absolute Gasteiger partial charge is 0.262 e. The first-order valence-electron chi connectivity index (χ1n) is 7.51. The lowest BCUT2D eigenvalue weighted by atomic mass is 10.1. The summed E-state index contributed by atoms with van der Waals surface area (Å²) in [6.45, 7) is 1.21. The molecule has 2 aliphatic rings. The first-order valence-corrected chi connectivity index (χ1v) is 7.89. The number of amides is 3. The zero-order valence-corrected chi connectivity index (χ0v) is 12.9. The summed E-state index contributed by atoms with van der Waals surface area (Å²) in [4.78, 5) is 39.8. The van der Waals surface area contributed by atoms with Gasteiger partial charge in [0.15, 0.2) is 0 Å². The molecule has 0 saturated carbocycles. The Hall–Kier alpha value is -1.88. The van der Waals surface area contributed by atoms with Crippen LogP contribution in [0.4, 0.5) is 0 Å². The minimum absolute atomic E-state index is 0.164. The number of imide groups is 1. The molecule has 3 amide bonds. The van der Waals surface area contributed by atoms with Crippen LogP contribution in [0.3, 0.4) is 0 Å². The highest BCUT2D eigenvalue weighted by Crippen LogP contribution is 2.25. The summed E-state index contributed by atoms with van der Waals surface area (Å²) in [6.07, 6.45) is 4.19. The Morgan fingerprint density at radius 3 is 2.32 bits per heavy atom. The molecule has 1 aromatic carbocycles. The van der Waals surface area contributed by atoms with Crippen LogP contribution in [-0.4, -0.2) is 47.2 Å². The number of nitrogens with zero attached hydrogens (tertiary/aromatic N) is 2. The van der Waals surface area contributed by atoms with Gasteiger partial charge in [-0.3, -0.25) is 19.3 Å². The van der Waals surface area contributed by atoms with E-state index in [0.717, 1.165) is 30.6 Å². The number of carbonyl (C=O) groups excluding carboxylic acids is 3. The molecule has 0 spiro atoms. The lowest BCUT2D eigenvalue weighted by molar-refractivity contribution is -0.131. The summed E-state index contributed by atoms with van der Waals surface area (Å²) in [5, 5.41) is 0.403. The number of halogens is 1. The molecule has 0 bridgehead atoms. The minimum Gasteiger partial charge on any atom is -0.341 e. The van der Waals surface area contributed by atoms with Gasteiger partial charge in [-0.1, -0.05) is 24.4 Å². The fourth-order valence-electron chi connectivity index (χ4n) is 2.96. The summed E-state index contributed by atoms with van der Waals surface area (Å²) < 4.78 is 0. The summed E-state index contributed by atoms with van der Waals surface area (Å²) in [6, 6.07) is 4.59. The van der Waals surface area contributed by atoms with Crippen molar-refractivity contribution in [1.82, 2.24) is 9.80 Å². The fraction of sp³-hybridized carbons (Fsp3) is 0.438. The SMILES string of the molecule is O=C(CN1C(=O)c2ccc(Cl)cc2C1=O)N1CCCCCC1. The maximum absolute atomic E-state index is 12.4. The summed E-state index contributed by atoms with van der Waals surface area (Å²) in [7, 11) is 0. The normalized spacial score (nSPS) is 18.4. The third-order valence-electron chi connectivity index (χ3n) is 4.18. The van der Waals surface area contributed by atoms with E-state index < -0.39 is 11.8 Å². The first-order chi connectivity index (χ1) is 10.6. The minimum atomic E-state index is -0.439. The van der Waals surface area contributed by atoms with E-state index in [1.165, 1.54) is 12.1 Å². The molecular formula is C16H17ClN2O3. The van der Waals surface area contributed by atoms with Crippen LogP contribution in [0.5, 0.6) is 0 Å². The third-order valence-corrected chi connectivity index (χ3v) is 4.42. The molecule has 0 aromatic heterocycles. The molecule has 3 rings (SSSR count). The molecule has 0 unspecified atom stereocenters. The Morgan fingerprint density at radius 2 is 1.64 bits per heavy atom. The Kier molecular flexibility index (Phi) is 4.16. The lowest BCUT2D eigenvalue weighted by Gasteiger charge is -2.23. The molecule has 2 aliphatic heterocycles. The van der Waals surface area contributed by atoms with E-state index >= 15 is 0 Å². The quantitative estimate of drug-likeness (QED) is 0.786. The molecule has 1 saturated heterocycles. The maximum atomic E-state index is 12.4. The van der Waals surface area contributed by atoms with Crippen LogP contribution < -0.4 is 0 Å². The highest BCUT2D eigenvalue weighted by Gasteiger charge is 2.37. The van der Waals surface area contributed by atoms with Gasteiger partial charge in [0.05, 0.1) is 11.1 Å². The molecule has 1 fully saturated rings. The fourth-order valence-corrected chi connectivity index (χ4v) is 3.13. The van der Waals surface area contributed by atoms with Crippen molar-refractivity contribution in [2.45, 2.75) is 25.7 Å². The highest BCUT2D eigenvalue weighted by atomic mass is 35.5. The van der Waals surface area contributed by atoms with Crippen molar-refractivity contribution in [3.63, 3.8) is 0 Å². The van der Waals surface area contributed by atoms with Crippen LogP contribution in [0.1, 0.15) is 46.4 Å². The van der Waals surface area contributed by atoms with Gasteiger partial charge in [0, 0.05) is 18.1 Å². The van der Waals surface area contributed by atoms with Gasteiger partial charge in [-0.05, 0) is 31.0 Å². The summed E-state index contributed by atoms with van der Waals surface area (Å²) >= 11 is 5.87. The molecule has 1 aromatic rings. The number of likely N-dealkylation sites (tertiary alicyclic amines) is 1. The molecule has 0 aliphatic carbocycles. The standard InChI is InChI=1S/C16H17ClN2O3/c17-11-5-6-12-13(9-11)16(22)19(15(12)21)10-14(20)18-7-3-1-2-4-8-18/h5-6,9H,1-4,7-8,10H2. The van der Waals surface area contributed by atoms with E-state index in [2.05, 4.69) is 0 Å². The van der Waals surface area contributed by atoms with Crippen LogP contribution in [0.2, 0.25) is 5.02 Å². The van der Waals surface area contributed by atoms with Gasteiger partial charge >= 0.3 is 0 Å². The number of benzene rings is 1. The Bertz CT molecular complexity index is 636. The van der Waals surface area contributed by atoms with Crippen molar-refractivity contribution in [2.75, 3.05) is 19.6 Å². The van der Waals surface area contributed by atoms with Crippen molar-refractivity contribution in [2.24, 2.45) is 0 Å². The van der Waals surface area contributed by atoms with Crippen molar-refractivity contribution >= 4 is 29.3 Å². The van der Waals surface area contributed by atoms with Crippen LogP contribution >= 0.6 is 11.6 Å². The summed E-state index contributed by atoms with van der Waals surface area (Å²) in [5.41, 5.74) is 0.597. The molecule has 5 nitrogen and oxygen atoms in total. The average Bonchev–Trinajstić information content (AvgIpc) is 2.72. The van der Waals surface area contributed by atoms with Crippen molar-refractivity contribution in [1.29, 1.82) is 0 Å². The first kappa shape index (κ1) is 15.0. The molecule has 2 heterocycles. The Morgan fingerprint density at radius 1 is 1.00 bits per heavy atom. The van der Waals surface area contributed by atoms with Gasteiger partial charge in [-0.2, -0.15) is 0 Å². The van der Waals surface area contributed by atoms with E-state index in [4.69, 9.17) is 11.6 Å². The van der Waals surface area contributed by atoms with Crippen LogP contribution in [0, 0.1) is 0 Å². The van der Waals surface area contributed by atoms with E-state index in [-0.39, 0.29) is 18.0 Å². The van der Waals surface area contributed by atoms with Gasteiger partial charge in [-0.15, -0.1) is 0 Å². The zero-order valence-electron chi connectivity index (χ0n) is 12.2. The molecule has 0 radical (unpaired) electrons. The molecular weight excluding hydrogens is 304 g/mol. The largest absolute Gasteiger partial charge is 0.341 e. The predicted octanol–water partition coefficient (Wildman–Crippen LogP) is 2.34. The second-order valence-electron chi connectivity index (χ2n) is 5.68. The average molecular weight is 321 g/mol. The second kappa shape index (κ2) is 6.08. The number of rotatable bonds is 2. The Balaban J connectivity index is 1.75. The number of hydrogen-bond acceptors (Lipinski definition) is 3. The lowest BCUT2D eigenvalue weighted by Crippen LogP contribution is -2.43. The van der Waals surface area contributed by atoms with Crippen molar-refractivity contribution in [3.05, 3.63) is 34.3 Å². The number of carbonyl (C=O) groups is 3. The third kappa shape index (κ3) is 2.73. The van der Waals surface area contributed by atoms with E-state index in [0.29, 0.717) is 23.7 Å². The number of fused-ring (bicyclic) bond motifs is 1. The van der Waals surface area contributed by atoms with Crippen LogP contribution in [0.15, 0.2) is 18.2 Å².